The molecule has 2 heterocycles. The van der Waals surface area contributed by atoms with E-state index in [1.807, 2.05) is 6.07 Å². The second-order valence-corrected chi connectivity index (χ2v) is 11.0. The Kier molecular flexibility index (Phi) is 7.36. The lowest BCUT2D eigenvalue weighted by molar-refractivity contribution is -0.401. The van der Waals surface area contributed by atoms with Gasteiger partial charge in [-0.05, 0) is 57.4 Å². The second-order valence-electron chi connectivity index (χ2n) is 11.0. The molecule has 0 unspecified atom stereocenters. The van der Waals surface area contributed by atoms with Crippen molar-refractivity contribution in [3.8, 4) is 0 Å². The molecule has 2 aliphatic heterocycles. The zero-order valence-electron chi connectivity index (χ0n) is 22.7. The molecule has 2 aromatic rings. The predicted octanol–water partition coefficient (Wildman–Crippen LogP) is 7.24. The van der Waals surface area contributed by atoms with Gasteiger partial charge < -0.3 is 9.69 Å². The fraction of sp³-hybridized carbons (Fsp3) is 0.394. The Balaban J connectivity index is 1.52. The van der Waals surface area contributed by atoms with Gasteiger partial charge in [0.25, 0.3) is 0 Å². The van der Waals surface area contributed by atoms with E-state index in [0.29, 0.717) is 6.42 Å². The minimum absolute atomic E-state index is 0.0545. The lowest BCUT2D eigenvalue weighted by Crippen LogP contribution is -2.27. The minimum Gasteiger partial charge on any atom is -0.344 e. The monoisotopic (exact) mass is 479 g/mol. The van der Waals surface area contributed by atoms with Crippen molar-refractivity contribution in [2.75, 3.05) is 18.5 Å². The van der Waals surface area contributed by atoms with E-state index in [0.717, 1.165) is 25.8 Å². The Labute approximate surface area is 217 Å². The van der Waals surface area contributed by atoms with Crippen molar-refractivity contribution in [1.29, 1.82) is 0 Å². The predicted molar refractivity (Wildman–Crippen MR) is 150 cm³/mol. The highest BCUT2D eigenvalue weighted by molar-refractivity contribution is 6.03. The molecular formula is C33H39N2O+. The lowest BCUT2D eigenvalue weighted by Gasteiger charge is -2.27. The zero-order valence-corrected chi connectivity index (χ0v) is 22.7. The van der Waals surface area contributed by atoms with Crippen LogP contribution in [0.1, 0.15) is 71.4 Å². The molecule has 4 rings (SSSR count). The van der Waals surface area contributed by atoms with Crippen LogP contribution in [0.5, 0.6) is 0 Å². The summed E-state index contributed by atoms with van der Waals surface area (Å²) < 4.78 is 2.26. The number of Topliss-reactive ketones (excluding diaryl/α,β-unsaturated/α-hetero) is 1. The van der Waals surface area contributed by atoms with Gasteiger partial charge in [0.15, 0.2) is 5.71 Å². The van der Waals surface area contributed by atoms with E-state index >= 15 is 0 Å². The van der Waals surface area contributed by atoms with Crippen molar-refractivity contribution in [2.24, 2.45) is 0 Å². The van der Waals surface area contributed by atoms with Crippen molar-refractivity contribution in [1.82, 2.24) is 0 Å². The topological polar surface area (TPSA) is 23.3 Å². The smallest absolute Gasteiger partial charge is 0.218 e. The van der Waals surface area contributed by atoms with Gasteiger partial charge in [0.2, 0.25) is 5.69 Å². The second kappa shape index (κ2) is 10.3. The van der Waals surface area contributed by atoms with Crippen LogP contribution in [0.25, 0.3) is 0 Å². The van der Waals surface area contributed by atoms with Crippen LogP contribution in [0.4, 0.5) is 11.4 Å². The third-order valence-electron chi connectivity index (χ3n) is 7.76. The highest BCUT2D eigenvalue weighted by Crippen LogP contribution is 2.47. The van der Waals surface area contributed by atoms with Gasteiger partial charge in [0, 0.05) is 41.4 Å². The summed E-state index contributed by atoms with van der Waals surface area (Å²) in [5.41, 5.74) is 7.65. The van der Waals surface area contributed by atoms with Gasteiger partial charge in [-0.3, -0.25) is 0 Å². The molecule has 186 valence electrons. The number of unbranched alkanes of at least 4 members (excludes halogenated alkanes) is 2. The number of hydrogen-bond donors (Lipinski definition) is 0. The van der Waals surface area contributed by atoms with Crippen LogP contribution in [0.2, 0.25) is 0 Å². The summed E-state index contributed by atoms with van der Waals surface area (Å²) in [6, 6.07) is 19.0. The zero-order chi connectivity index (χ0) is 25.9. The van der Waals surface area contributed by atoms with Crippen LogP contribution in [-0.4, -0.2) is 29.7 Å². The molecule has 0 aliphatic carbocycles. The number of fused-ring (bicyclic) bond motifs is 2. The number of nitrogens with zero attached hydrogens (tertiary/aromatic N) is 2. The molecule has 0 atom stereocenters. The van der Waals surface area contributed by atoms with Gasteiger partial charge in [0.1, 0.15) is 12.8 Å². The molecule has 0 amide bonds. The first kappa shape index (κ1) is 25.7. The molecule has 0 fully saturated rings. The fourth-order valence-electron chi connectivity index (χ4n) is 5.72. The number of anilines is 1. The lowest BCUT2D eigenvalue weighted by atomic mass is 9.82. The fourth-order valence-corrected chi connectivity index (χ4v) is 5.72. The molecule has 2 aromatic carbocycles. The van der Waals surface area contributed by atoms with Crippen molar-refractivity contribution in [2.45, 2.75) is 71.1 Å². The Bertz CT molecular complexity index is 1260. The van der Waals surface area contributed by atoms with Crippen molar-refractivity contribution >= 4 is 22.9 Å². The van der Waals surface area contributed by atoms with E-state index in [1.54, 1.807) is 6.92 Å². The van der Waals surface area contributed by atoms with Gasteiger partial charge in [-0.2, -0.15) is 4.58 Å². The third-order valence-corrected chi connectivity index (χ3v) is 7.76. The Morgan fingerprint density at radius 2 is 1.69 bits per heavy atom. The van der Waals surface area contributed by atoms with Gasteiger partial charge in [-0.15, -0.1) is 0 Å². The summed E-state index contributed by atoms with van der Waals surface area (Å²) in [5.74, 6) is 0.285. The SMILES string of the molecule is CC(=O)CCCCCN1C(=CC=CC=CC2=[N+](C)c3cc#ccc3C2(C)C)C(C)(C)c2ccccc21. The molecule has 3 heteroatoms. The number of para-hydroxylation sites is 1. The first-order valence-electron chi connectivity index (χ1n) is 13.1. The average molecular weight is 480 g/mol. The third kappa shape index (κ3) is 4.82. The van der Waals surface area contributed by atoms with E-state index in [1.165, 1.54) is 33.9 Å². The summed E-state index contributed by atoms with van der Waals surface area (Å²) in [6.45, 7) is 11.8. The molecule has 3 nitrogen and oxygen atoms in total. The summed E-state index contributed by atoms with van der Waals surface area (Å²) in [5, 5.41) is 0. The molecule has 0 radical (unpaired) electrons. The summed E-state index contributed by atoms with van der Waals surface area (Å²) in [6.07, 6.45) is 14.7. The van der Waals surface area contributed by atoms with Crippen LogP contribution in [0, 0.1) is 12.1 Å². The molecule has 0 aromatic heterocycles. The van der Waals surface area contributed by atoms with E-state index in [2.05, 4.69) is 117 Å². The highest BCUT2D eigenvalue weighted by atomic mass is 16.1. The van der Waals surface area contributed by atoms with E-state index in [4.69, 9.17) is 0 Å². The standard InChI is InChI=1S/C33H39N2O/c1-25(36)17-9-8-16-24-35-29-21-15-13-19-27(29)33(4,5)31(35)23-11-7-10-22-30-32(2,3)26-18-12-14-20-28(26)34(30)6/h7,10-11,13,15,18-23H,8-9,16-17,24H2,1-6H3/q+1. The molecule has 0 spiro atoms. The Morgan fingerprint density at radius 1 is 0.944 bits per heavy atom. The van der Waals surface area contributed by atoms with Crippen LogP contribution >= 0.6 is 0 Å². The summed E-state index contributed by atoms with van der Waals surface area (Å²) >= 11 is 0. The van der Waals surface area contributed by atoms with Crippen molar-refractivity contribution < 1.29 is 9.37 Å². The normalized spacial score (nSPS) is 18.8. The maximum atomic E-state index is 11.3. The van der Waals surface area contributed by atoms with Gasteiger partial charge in [0.05, 0.1) is 11.5 Å². The van der Waals surface area contributed by atoms with Gasteiger partial charge in [-0.25, -0.2) is 0 Å². The van der Waals surface area contributed by atoms with Gasteiger partial charge in [-0.1, -0.05) is 68.8 Å². The van der Waals surface area contributed by atoms with Crippen molar-refractivity contribution in [3.05, 3.63) is 95.7 Å². The first-order valence-corrected chi connectivity index (χ1v) is 13.1. The first-order chi connectivity index (χ1) is 17.2. The number of carbonyl (C=O) groups is 1. The number of allylic oxidation sites excluding steroid dienone is 6. The van der Waals surface area contributed by atoms with E-state index in [9.17, 15) is 4.79 Å². The molecule has 0 saturated carbocycles. The maximum Gasteiger partial charge on any atom is 0.218 e. The van der Waals surface area contributed by atoms with E-state index in [-0.39, 0.29) is 16.6 Å². The van der Waals surface area contributed by atoms with Crippen LogP contribution in [0.15, 0.2) is 72.5 Å². The van der Waals surface area contributed by atoms with Gasteiger partial charge >= 0.3 is 0 Å². The van der Waals surface area contributed by atoms with Crippen LogP contribution in [0.3, 0.4) is 0 Å². The largest absolute Gasteiger partial charge is 0.344 e. The Morgan fingerprint density at radius 3 is 2.44 bits per heavy atom. The number of rotatable bonds is 9. The number of ketones is 1. The highest BCUT2D eigenvalue weighted by Gasteiger charge is 2.42. The van der Waals surface area contributed by atoms with Crippen LogP contribution in [-0.2, 0) is 15.6 Å². The summed E-state index contributed by atoms with van der Waals surface area (Å²) in [4.78, 5) is 13.8. The van der Waals surface area contributed by atoms with Crippen LogP contribution < -0.4 is 4.90 Å². The number of carbonyl (C=O) groups excluding carboxylic acids is 1. The molecule has 2 aliphatic rings. The summed E-state index contributed by atoms with van der Waals surface area (Å²) in [7, 11) is 2.12. The number of benzene rings is 1. The Hall–Kier alpha value is -3.38. The average Bonchev–Trinajstić information content (AvgIpc) is 3.18. The molecule has 0 saturated heterocycles. The molecular weight excluding hydrogens is 440 g/mol. The quantitative estimate of drug-likeness (QED) is 0.215. The van der Waals surface area contributed by atoms with Crippen molar-refractivity contribution in [3.63, 3.8) is 0 Å². The van der Waals surface area contributed by atoms with E-state index < -0.39 is 0 Å². The molecule has 36 heavy (non-hydrogen) atoms. The number of hydrogen-bond acceptors (Lipinski definition) is 2. The maximum absolute atomic E-state index is 11.3. The molecule has 0 N–H and O–H groups in total. The molecule has 0 bridgehead atoms. The minimum atomic E-state index is -0.0627.